The van der Waals surface area contributed by atoms with Crippen LogP contribution in [0.5, 0.6) is 0 Å². The zero-order chi connectivity index (χ0) is 12.0. The second kappa shape index (κ2) is 6.66. The van der Waals surface area contributed by atoms with Crippen LogP contribution in [0.3, 0.4) is 0 Å². The number of allylic oxidation sites excluding steroid dienone is 5. The van der Waals surface area contributed by atoms with Crippen LogP contribution in [0.15, 0.2) is 35.5 Å². The van der Waals surface area contributed by atoms with Crippen LogP contribution >= 0.6 is 0 Å². The maximum Gasteiger partial charge on any atom is -0.0216 e. The fourth-order valence-corrected chi connectivity index (χ4v) is 1.34. The van der Waals surface area contributed by atoms with Gasteiger partial charge in [-0.1, -0.05) is 64.5 Å². The second-order valence-electron chi connectivity index (χ2n) is 4.80. The lowest BCUT2D eigenvalue weighted by Gasteiger charge is -2.13. The molecule has 0 unspecified atom stereocenters. The minimum atomic E-state index is 0.564. The molecule has 0 aliphatic rings. The third-order valence-electron chi connectivity index (χ3n) is 2.89. The van der Waals surface area contributed by atoms with Crippen LogP contribution < -0.4 is 0 Å². The summed E-state index contributed by atoms with van der Waals surface area (Å²) < 4.78 is 0. The Kier molecular flexibility index (Phi) is 6.31. The van der Waals surface area contributed by atoms with E-state index in [4.69, 9.17) is 0 Å². The van der Waals surface area contributed by atoms with Gasteiger partial charge in [-0.05, 0) is 30.8 Å². The van der Waals surface area contributed by atoms with Crippen LogP contribution in [-0.2, 0) is 0 Å². The Balaban J connectivity index is 4.86. The van der Waals surface area contributed by atoms with Crippen molar-refractivity contribution in [3.63, 3.8) is 0 Å². The van der Waals surface area contributed by atoms with Crippen LogP contribution in [0.1, 0.15) is 48.0 Å². The Bertz CT molecular complexity index is 262. The SMILES string of the molecule is C=C(CC)/C(=C\C=C(/C)C(C)C)C(C)C. The van der Waals surface area contributed by atoms with Gasteiger partial charge in [0.2, 0.25) is 0 Å². The third-order valence-corrected chi connectivity index (χ3v) is 2.89. The first-order chi connectivity index (χ1) is 6.90. The predicted octanol–water partition coefficient (Wildman–Crippen LogP) is 5.14. The lowest BCUT2D eigenvalue weighted by molar-refractivity contribution is 0.759. The molecule has 0 saturated heterocycles. The molecule has 0 heteroatoms. The van der Waals surface area contributed by atoms with E-state index in [1.54, 1.807) is 0 Å². The first kappa shape index (κ1) is 14.2. The van der Waals surface area contributed by atoms with Crippen molar-refractivity contribution < 1.29 is 0 Å². The van der Waals surface area contributed by atoms with Gasteiger partial charge in [0.05, 0.1) is 0 Å². The van der Waals surface area contributed by atoms with Gasteiger partial charge in [0.1, 0.15) is 0 Å². The molecule has 0 spiro atoms. The van der Waals surface area contributed by atoms with E-state index >= 15 is 0 Å². The van der Waals surface area contributed by atoms with Gasteiger partial charge < -0.3 is 0 Å². The van der Waals surface area contributed by atoms with Gasteiger partial charge in [-0.3, -0.25) is 0 Å². The Hall–Kier alpha value is -0.780. The molecule has 0 fully saturated rings. The summed E-state index contributed by atoms with van der Waals surface area (Å²) >= 11 is 0. The molecule has 0 aromatic heterocycles. The molecule has 0 atom stereocenters. The molecule has 0 aliphatic carbocycles. The minimum Gasteiger partial charge on any atom is -0.0956 e. The largest absolute Gasteiger partial charge is 0.0956 e. The minimum absolute atomic E-state index is 0.564. The summed E-state index contributed by atoms with van der Waals surface area (Å²) in [5.41, 5.74) is 4.08. The summed E-state index contributed by atoms with van der Waals surface area (Å²) in [5, 5.41) is 0. The van der Waals surface area contributed by atoms with E-state index in [0.717, 1.165) is 6.42 Å². The fourth-order valence-electron chi connectivity index (χ4n) is 1.34. The van der Waals surface area contributed by atoms with Gasteiger partial charge in [-0.15, -0.1) is 0 Å². The van der Waals surface area contributed by atoms with E-state index < -0.39 is 0 Å². The lowest BCUT2D eigenvalue weighted by atomic mass is 9.93. The van der Waals surface area contributed by atoms with Crippen LogP contribution in [0, 0.1) is 11.8 Å². The van der Waals surface area contributed by atoms with Gasteiger partial charge in [-0.2, -0.15) is 0 Å². The second-order valence-corrected chi connectivity index (χ2v) is 4.80. The summed E-state index contributed by atoms with van der Waals surface area (Å²) in [4.78, 5) is 0. The van der Waals surface area contributed by atoms with E-state index in [1.807, 2.05) is 0 Å². The van der Waals surface area contributed by atoms with Gasteiger partial charge in [0, 0.05) is 0 Å². The number of hydrogen-bond acceptors (Lipinski definition) is 0. The molecule has 0 bridgehead atoms. The van der Waals surface area contributed by atoms with Gasteiger partial charge in [0.25, 0.3) is 0 Å². The van der Waals surface area contributed by atoms with Crippen molar-refractivity contribution in [1.82, 2.24) is 0 Å². The molecule has 86 valence electrons. The zero-order valence-corrected chi connectivity index (χ0v) is 11.2. The highest BCUT2D eigenvalue weighted by Crippen LogP contribution is 2.21. The normalized spacial score (nSPS) is 13.9. The first-order valence-corrected chi connectivity index (χ1v) is 5.96. The fraction of sp³-hybridized carbons (Fsp3) is 0.600. The van der Waals surface area contributed by atoms with Crippen molar-refractivity contribution in [2.75, 3.05) is 0 Å². The molecule has 0 aliphatic heterocycles. The number of hydrogen-bond donors (Lipinski definition) is 0. The number of rotatable bonds is 5. The van der Waals surface area contributed by atoms with E-state index in [0.29, 0.717) is 11.8 Å². The van der Waals surface area contributed by atoms with Crippen molar-refractivity contribution in [2.24, 2.45) is 11.8 Å². The topological polar surface area (TPSA) is 0 Å². The van der Waals surface area contributed by atoms with Crippen molar-refractivity contribution in [3.8, 4) is 0 Å². The van der Waals surface area contributed by atoms with E-state index in [9.17, 15) is 0 Å². The van der Waals surface area contributed by atoms with Crippen molar-refractivity contribution in [3.05, 3.63) is 35.5 Å². The molecular formula is C15H26. The molecule has 0 nitrogen and oxygen atoms in total. The van der Waals surface area contributed by atoms with Crippen LogP contribution in [0.2, 0.25) is 0 Å². The van der Waals surface area contributed by atoms with E-state index in [2.05, 4.69) is 60.3 Å². The Labute approximate surface area is 95.8 Å². The third kappa shape index (κ3) is 5.01. The van der Waals surface area contributed by atoms with E-state index in [1.165, 1.54) is 16.7 Å². The smallest absolute Gasteiger partial charge is 0.0216 e. The molecule has 15 heavy (non-hydrogen) atoms. The van der Waals surface area contributed by atoms with E-state index in [-0.39, 0.29) is 0 Å². The zero-order valence-electron chi connectivity index (χ0n) is 11.2. The van der Waals surface area contributed by atoms with Crippen molar-refractivity contribution >= 4 is 0 Å². The maximum absolute atomic E-state index is 4.12. The predicted molar refractivity (Wildman–Crippen MR) is 70.9 cm³/mol. The van der Waals surface area contributed by atoms with Crippen LogP contribution in [0.4, 0.5) is 0 Å². The Morgan fingerprint density at radius 3 is 1.93 bits per heavy atom. The highest BCUT2D eigenvalue weighted by Gasteiger charge is 2.05. The summed E-state index contributed by atoms with van der Waals surface area (Å²) in [7, 11) is 0. The Morgan fingerprint density at radius 1 is 1.07 bits per heavy atom. The molecule has 0 aromatic carbocycles. The molecular weight excluding hydrogens is 180 g/mol. The summed E-state index contributed by atoms with van der Waals surface area (Å²) in [6.07, 6.45) is 5.52. The molecule has 0 N–H and O–H groups in total. The lowest BCUT2D eigenvalue weighted by Crippen LogP contribution is -1.97. The average Bonchev–Trinajstić information content (AvgIpc) is 2.16. The van der Waals surface area contributed by atoms with Crippen LogP contribution in [0.25, 0.3) is 0 Å². The van der Waals surface area contributed by atoms with Crippen molar-refractivity contribution in [1.29, 1.82) is 0 Å². The highest BCUT2D eigenvalue weighted by atomic mass is 14.1. The average molecular weight is 206 g/mol. The standard InChI is InChI=1S/C15H26/c1-8-13(6)15(12(4)5)10-9-14(7)11(2)3/h9-12H,6,8H2,1-5,7H3/b14-9+,15-10-. The first-order valence-electron chi connectivity index (χ1n) is 5.96. The maximum atomic E-state index is 4.12. The molecule has 0 heterocycles. The highest BCUT2D eigenvalue weighted by molar-refractivity contribution is 5.33. The van der Waals surface area contributed by atoms with Crippen molar-refractivity contribution in [2.45, 2.75) is 48.0 Å². The quantitative estimate of drug-likeness (QED) is 0.546. The molecule has 0 radical (unpaired) electrons. The summed E-state index contributed by atoms with van der Waals surface area (Å²) in [5.74, 6) is 1.19. The Morgan fingerprint density at radius 2 is 1.60 bits per heavy atom. The molecule has 0 aromatic rings. The summed E-state index contributed by atoms with van der Waals surface area (Å²) in [6, 6.07) is 0. The molecule has 0 rings (SSSR count). The van der Waals surface area contributed by atoms with Gasteiger partial charge >= 0.3 is 0 Å². The molecule has 0 saturated carbocycles. The monoisotopic (exact) mass is 206 g/mol. The molecule has 0 amide bonds. The van der Waals surface area contributed by atoms with Gasteiger partial charge in [0.15, 0.2) is 0 Å². The summed E-state index contributed by atoms with van der Waals surface area (Å²) in [6.45, 7) is 17.4. The van der Waals surface area contributed by atoms with Gasteiger partial charge in [-0.25, -0.2) is 0 Å². The van der Waals surface area contributed by atoms with Crippen LogP contribution in [-0.4, -0.2) is 0 Å².